The molecule has 0 radical (unpaired) electrons. The lowest BCUT2D eigenvalue weighted by Crippen LogP contribution is -2.17. The van der Waals surface area contributed by atoms with E-state index in [1.807, 2.05) is 24.3 Å². The van der Waals surface area contributed by atoms with Crippen molar-refractivity contribution >= 4 is 22.8 Å². The lowest BCUT2D eigenvalue weighted by Gasteiger charge is -2.06. The number of hydrogen-bond acceptors (Lipinski definition) is 5. The number of carbonyl (C=O) groups excluding carboxylic acids is 2. The summed E-state index contributed by atoms with van der Waals surface area (Å²) in [5.41, 5.74) is 3.41. The van der Waals surface area contributed by atoms with Gasteiger partial charge in [-0.2, -0.15) is 0 Å². The molecule has 7 heteroatoms. The van der Waals surface area contributed by atoms with Gasteiger partial charge in [0.15, 0.2) is 5.78 Å². The fourth-order valence-electron chi connectivity index (χ4n) is 2.84. The van der Waals surface area contributed by atoms with E-state index in [0.29, 0.717) is 22.5 Å². The number of aromatic nitrogens is 4. The van der Waals surface area contributed by atoms with Crippen molar-refractivity contribution in [1.29, 1.82) is 0 Å². The molecule has 0 aliphatic carbocycles. The summed E-state index contributed by atoms with van der Waals surface area (Å²) in [5.74, 6) is -0.707. The number of aryl methyl sites for hydroxylation is 2. The third-order valence-corrected chi connectivity index (χ3v) is 3.85. The number of carbonyl (C=O) groups is 2. The van der Waals surface area contributed by atoms with E-state index in [4.69, 9.17) is 4.74 Å². The summed E-state index contributed by atoms with van der Waals surface area (Å²) < 4.78 is 6.61. The molecule has 0 unspecified atom stereocenters. The number of rotatable bonds is 5. The first kappa shape index (κ1) is 15.9. The molecule has 0 saturated heterocycles. The van der Waals surface area contributed by atoms with Crippen LogP contribution in [0.1, 0.15) is 39.0 Å². The van der Waals surface area contributed by atoms with E-state index < -0.39 is 5.97 Å². The van der Waals surface area contributed by atoms with Crippen molar-refractivity contribution in [2.24, 2.45) is 0 Å². The van der Waals surface area contributed by atoms with Crippen molar-refractivity contribution < 1.29 is 14.3 Å². The van der Waals surface area contributed by atoms with Crippen molar-refractivity contribution in [1.82, 2.24) is 20.0 Å². The zero-order valence-corrected chi connectivity index (χ0v) is 13.8. The number of ketones is 1. The van der Waals surface area contributed by atoms with Gasteiger partial charge in [0.05, 0.1) is 23.3 Å². The van der Waals surface area contributed by atoms with Crippen LogP contribution in [0, 0.1) is 13.8 Å². The Bertz CT molecular complexity index is 923. The normalized spacial score (nSPS) is 11.0. The minimum absolute atomic E-state index is 0.00501. The predicted octanol–water partition coefficient (Wildman–Crippen LogP) is 2.44. The first-order valence-corrected chi connectivity index (χ1v) is 7.70. The summed E-state index contributed by atoms with van der Waals surface area (Å²) in [6, 6.07) is 7.41. The molecule has 3 aromatic rings. The molecule has 3 rings (SSSR count). The van der Waals surface area contributed by atoms with Crippen LogP contribution in [-0.4, -0.2) is 38.3 Å². The molecule has 24 heavy (non-hydrogen) atoms. The number of aromatic amines is 1. The fourth-order valence-corrected chi connectivity index (χ4v) is 2.84. The number of fused-ring (bicyclic) bond motifs is 1. The maximum atomic E-state index is 12.8. The standard InChI is InChI=1S/C17H18N4O3/c1-4-24-17(23)16-11(3)18-10(2)15(16)14(22)9-21-13-8-6-5-7-12(13)19-20-21/h5-8,18H,4,9H2,1-3H3. The van der Waals surface area contributed by atoms with E-state index in [2.05, 4.69) is 15.3 Å². The molecule has 0 spiro atoms. The van der Waals surface area contributed by atoms with Gasteiger partial charge in [-0.05, 0) is 32.9 Å². The maximum Gasteiger partial charge on any atom is 0.340 e. The summed E-state index contributed by atoms with van der Waals surface area (Å²) in [5, 5.41) is 8.07. The second-order valence-electron chi connectivity index (χ2n) is 5.50. The Morgan fingerprint density at radius 1 is 1.17 bits per heavy atom. The highest BCUT2D eigenvalue weighted by molar-refractivity contribution is 6.08. The highest BCUT2D eigenvalue weighted by Crippen LogP contribution is 2.21. The van der Waals surface area contributed by atoms with Crippen LogP contribution in [-0.2, 0) is 11.3 Å². The molecule has 2 heterocycles. The molecule has 1 aromatic carbocycles. The number of ether oxygens (including phenoxy) is 1. The van der Waals surface area contributed by atoms with Gasteiger partial charge >= 0.3 is 5.97 Å². The van der Waals surface area contributed by atoms with Gasteiger partial charge in [0, 0.05) is 11.4 Å². The molecule has 0 fully saturated rings. The van der Waals surface area contributed by atoms with Gasteiger partial charge in [-0.15, -0.1) is 5.10 Å². The lowest BCUT2D eigenvalue weighted by atomic mass is 10.0. The molecule has 0 aliphatic rings. The Hall–Kier alpha value is -2.96. The lowest BCUT2D eigenvalue weighted by molar-refractivity contribution is 0.0522. The van der Waals surface area contributed by atoms with Gasteiger partial charge in [0.25, 0.3) is 0 Å². The molecular formula is C17H18N4O3. The van der Waals surface area contributed by atoms with E-state index in [1.54, 1.807) is 20.8 Å². The van der Waals surface area contributed by atoms with Crippen LogP contribution in [0.15, 0.2) is 24.3 Å². The van der Waals surface area contributed by atoms with Crippen LogP contribution in [0.3, 0.4) is 0 Å². The van der Waals surface area contributed by atoms with Gasteiger partial charge in [-0.3, -0.25) is 4.79 Å². The highest BCUT2D eigenvalue weighted by atomic mass is 16.5. The number of benzene rings is 1. The van der Waals surface area contributed by atoms with Gasteiger partial charge in [-0.25, -0.2) is 9.48 Å². The monoisotopic (exact) mass is 326 g/mol. The summed E-state index contributed by atoms with van der Waals surface area (Å²) in [7, 11) is 0. The zero-order chi connectivity index (χ0) is 17.3. The molecule has 0 atom stereocenters. The molecule has 7 nitrogen and oxygen atoms in total. The SMILES string of the molecule is CCOC(=O)c1c(C)[nH]c(C)c1C(=O)Cn1nnc2ccccc21. The Balaban J connectivity index is 1.97. The summed E-state index contributed by atoms with van der Waals surface area (Å²) >= 11 is 0. The number of nitrogens with one attached hydrogen (secondary N) is 1. The van der Waals surface area contributed by atoms with Crippen molar-refractivity contribution in [2.75, 3.05) is 6.61 Å². The molecular weight excluding hydrogens is 308 g/mol. The smallest absolute Gasteiger partial charge is 0.340 e. The number of Topliss-reactive ketones (excluding diaryl/α,β-unsaturated/α-hetero) is 1. The molecule has 0 aliphatic heterocycles. The average molecular weight is 326 g/mol. The van der Waals surface area contributed by atoms with Gasteiger partial charge < -0.3 is 9.72 Å². The molecule has 0 amide bonds. The van der Waals surface area contributed by atoms with Crippen LogP contribution in [0.2, 0.25) is 0 Å². The summed E-state index contributed by atoms with van der Waals surface area (Å²) in [4.78, 5) is 28.0. The predicted molar refractivity (Wildman–Crippen MR) is 88.1 cm³/mol. The third-order valence-electron chi connectivity index (χ3n) is 3.85. The van der Waals surface area contributed by atoms with E-state index >= 15 is 0 Å². The highest BCUT2D eigenvalue weighted by Gasteiger charge is 2.25. The van der Waals surface area contributed by atoms with E-state index in [9.17, 15) is 9.59 Å². The first-order valence-electron chi connectivity index (χ1n) is 7.70. The van der Waals surface area contributed by atoms with Gasteiger partial charge in [0.1, 0.15) is 12.1 Å². The fraction of sp³-hybridized carbons (Fsp3) is 0.294. The molecule has 0 saturated carbocycles. The summed E-state index contributed by atoms with van der Waals surface area (Å²) in [6.07, 6.45) is 0. The Kier molecular flexibility index (Phi) is 4.16. The second-order valence-corrected chi connectivity index (χ2v) is 5.50. The number of H-pyrrole nitrogens is 1. The number of hydrogen-bond donors (Lipinski definition) is 1. The van der Waals surface area contributed by atoms with Crippen LogP contribution in [0.25, 0.3) is 11.0 Å². The Morgan fingerprint density at radius 3 is 2.62 bits per heavy atom. The minimum Gasteiger partial charge on any atom is -0.462 e. The number of esters is 1. The van der Waals surface area contributed by atoms with Crippen molar-refractivity contribution in [3.63, 3.8) is 0 Å². The molecule has 2 aromatic heterocycles. The zero-order valence-electron chi connectivity index (χ0n) is 13.8. The Labute approximate surface area is 138 Å². The quantitative estimate of drug-likeness (QED) is 0.574. The van der Waals surface area contributed by atoms with Crippen molar-refractivity contribution in [2.45, 2.75) is 27.3 Å². The number of para-hydroxylation sites is 1. The number of nitrogens with zero attached hydrogens (tertiary/aromatic N) is 3. The van der Waals surface area contributed by atoms with Crippen LogP contribution in [0.4, 0.5) is 0 Å². The van der Waals surface area contributed by atoms with E-state index in [-0.39, 0.29) is 18.9 Å². The van der Waals surface area contributed by atoms with Gasteiger partial charge in [0.2, 0.25) is 0 Å². The van der Waals surface area contributed by atoms with Crippen molar-refractivity contribution in [3.05, 3.63) is 46.8 Å². The average Bonchev–Trinajstić information content (AvgIpc) is 3.08. The third kappa shape index (κ3) is 2.68. The van der Waals surface area contributed by atoms with Crippen LogP contribution in [0.5, 0.6) is 0 Å². The molecule has 1 N–H and O–H groups in total. The molecule has 0 bridgehead atoms. The first-order chi connectivity index (χ1) is 11.5. The van der Waals surface area contributed by atoms with Crippen LogP contribution >= 0.6 is 0 Å². The second kappa shape index (κ2) is 6.27. The van der Waals surface area contributed by atoms with E-state index in [0.717, 1.165) is 11.0 Å². The summed E-state index contributed by atoms with van der Waals surface area (Å²) in [6.45, 7) is 5.51. The topological polar surface area (TPSA) is 89.9 Å². The maximum absolute atomic E-state index is 12.8. The van der Waals surface area contributed by atoms with E-state index in [1.165, 1.54) is 4.68 Å². The minimum atomic E-state index is -0.494. The Morgan fingerprint density at radius 2 is 1.88 bits per heavy atom. The van der Waals surface area contributed by atoms with Crippen LogP contribution < -0.4 is 0 Å². The molecule has 124 valence electrons. The van der Waals surface area contributed by atoms with Crippen molar-refractivity contribution in [3.8, 4) is 0 Å². The van der Waals surface area contributed by atoms with Gasteiger partial charge in [-0.1, -0.05) is 17.3 Å². The largest absolute Gasteiger partial charge is 0.462 e.